The zero-order chi connectivity index (χ0) is 8.32. The molecule has 62 valence electrons. The van der Waals surface area contributed by atoms with Gasteiger partial charge in [-0.25, -0.2) is 9.07 Å². The molecule has 1 atom stereocenters. The first kappa shape index (κ1) is 8.06. The summed E-state index contributed by atoms with van der Waals surface area (Å²) < 4.78 is 14.5. The summed E-state index contributed by atoms with van der Waals surface area (Å²) in [6, 6.07) is 0. The number of hydrogen-bond acceptors (Lipinski definition) is 4. The topological polar surface area (TPSA) is 69.6 Å². The van der Waals surface area contributed by atoms with Gasteiger partial charge >= 0.3 is 0 Å². The molecule has 2 N–H and O–H groups in total. The fourth-order valence-electron chi connectivity index (χ4n) is 0.655. The Morgan fingerprint density at radius 2 is 2.45 bits per heavy atom. The molecule has 1 rings (SSSR count). The van der Waals surface area contributed by atoms with Gasteiger partial charge in [0.2, 0.25) is 0 Å². The number of nitrogens with zero attached hydrogens (tertiary/aromatic N) is 4. The van der Waals surface area contributed by atoms with Crippen LogP contribution >= 0.6 is 0 Å². The Labute approximate surface area is 63.4 Å². The minimum absolute atomic E-state index is 0.0349. The van der Waals surface area contributed by atoms with Crippen LogP contribution in [0.5, 0.6) is 0 Å². The zero-order valence-electron chi connectivity index (χ0n) is 6.24. The van der Waals surface area contributed by atoms with Crippen LogP contribution in [0.15, 0.2) is 6.33 Å². The zero-order valence-corrected chi connectivity index (χ0v) is 6.24. The van der Waals surface area contributed by atoms with Gasteiger partial charge in [0.05, 0.1) is 6.54 Å². The number of alkyl halides is 1. The average Bonchev–Trinajstić information content (AvgIpc) is 2.39. The van der Waals surface area contributed by atoms with Crippen LogP contribution in [-0.2, 0) is 6.54 Å². The lowest BCUT2D eigenvalue weighted by Crippen LogP contribution is -2.34. The lowest BCUT2D eigenvalue weighted by molar-refractivity contribution is 0.163. The van der Waals surface area contributed by atoms with Crippen LogP contribution < -0.4 is 5.73 Å². The molecule has 0 bridgehead atoms. The van der Waals surface area contributed by atoms with Gasteiger partial charge in [0.1, 0.15) is 12.0 Å². The summed E-state index contributed by atoms with van der Waals surface area (Å²) in [5.74, 6) is 0. The molecule has 0 aliphatic heterocycles. The Hall–Kier alpha value is -1.04. The molecule has 0 radical (unpaired) electrons. The Morgan fingerprint density at radius 3 is 2.91 bits per heavy atom. The molecular weight excluding hydrogens is 149 g/mol. The van der Waals surface area contributed by atoms with Crippen LogP contribution in [0.2, 0.25) is 0 Å². The van der Waals surface area contributed by atoms with Crippen molar-refractivity contribution in [1.82, 2.24) is 20.2 Å². The van der Waals surface area contributed by atoms with E-state index < -0.39 is 5.67 Å². The molecule has 11 heavy (non-hydrogen) atoms. The monoisotopic (exact) mass is 159 g/mol. The molecule has 0 aromatic carbocycles. The van der Waals surface area contributed by atoms with Crippen LogP contribution in [0.1, 0.15) is 6.92 Å². The van der Waals surface area contributed by atoms with Gasteiger partial charge in [-0.15, -0.1) is 5.10 Å². The van der Waals surface area contributed by atoms with Gasteiger partial charge in [0.25, 0.3) is 0 Å². The van der Waals surface area contributed by atoms with Crippen molar-refractivity contribution < 1.29 is 4.39 Å². The van der Waals surface area contributed by atoms with Crippen molar-refractivity contribution in [3.63, 3.8) is 0 Å². The summed E-state index contributed by atoms with van der Waals surface area (Å²) >= 11 is 0. The van der Waals surface area contributed by atoms with E-state index in [4.69, 9.17) is 5.73 Å². The molecule has 5 nitrogen and oxygen atoms in total. The van der Waals surface area contributed by atoms with Gasteiger partial charge in [0, 0.05) is 6.54 Å². The van der Waals surface area contributed by atoms with Crippen molar-refractivity contribution in [2.75, 3.05) is 6.54 Å². The van der Waals surface area contributed by atoms with E-state index in [-0.39, 0.29) is 13.1 Å². The predicted octanol–water partition coefficient (Wildman–Crippen LogP) is -0.640. The normalized spacial score (nSPS) is 16.3. The summed E-state index contributed by atoms with van der Waals surface area (Å²) in [5, 5.41) is 10.2. The van der Waals surface area contributed by atoms with Gasteiger partial charge < -0.3 is 5.73 Å². The van der Waals surface area contributed by atoms with Crippen LogP contribution in [0, 0.1) is 0 Å². The second-order valence-corrected chi connectivity index (χ2v) is 2.62. The van der Waals surface area contributed by atoms with Gasteiger partial charge in [-0.1, -0.05) is 0 Å². The lowest BCUT2D eigenvalue weighted by Gasteiger charge is -2.16. The maximum atomic E-state index is 13.1. The molecule has 0 amide bonds. The third kappa shape index (κ3) is 2.23. The van der Waals surface area contributed by atoms with E-state index in [1.807, 2.05) is 0 Å². The Kier molecular flexibility index (Phi) is 2.13. The van der Waals surface area contributed by atoms with E-state index in [2.05, 4.69) is 15.5 Å². The first-order valence-electron chi connectivity index (χ1n) is 3.24. The Bertz CT molecular complexity index is 207. The minimum Gasteiger partial charge on any atom is -0.327 e. The summed E-state index contributed by atoms with van der Waals surface area (Å²) in [4.78, 5) is 0. The van der Waals surface area contributed by atoms with Crippen LogP contribution in [0.4, 0.5) is 4.39 Å². The molecule has 0 aliphatic rings. The Morgan fingerprint density at radius 1 is 1.73 bits per heavy atom. The summed E-state index contributed by atoms with van der Waals surface area (Å²) in [5.41, 5.74) is 3.73. The molecule has 0 saturated heterocycles. The number of rotatable bonds is 3. The van der Waals surface area contributed by atoms with Crippen LogP contribution in [0.3, 0.4) is 0 Å². The fraction of sp³-hybridized carbons (Fsp3) is 0.800. The average molecular weight is 159 g/mol. The molecule has 1 unspecified atom stereocenters. The maximum absolute atomic E-state index is 13.1. The predicted molar refractivity (Wildman–Crippen MR) is 36.4 cm³/mol. The fourth-order valence-corrected chi connectivity index (χ4v) is 0.655. The van der Waals surface area contributed by atoms with Crippen molar-refractivity contribution in [1.29, 1.82) is 0 Å². The first-order valence-corrected chi connectivity index (χ1v) is 3.24. The van der Waals surface area contributed by atoms with Crippen LogP contribution in [-0.4, -0.2) is 32.4 Å². The van der Waals surface area contributed by atoms with Gasteiger partial charge in [-0.3, -0.25) is 0 Å². The van der Waals surface area contributed by atoms with Crippen molar-refractivity contribution in [2.24, 2.45) is 5.73 Å². The molecule has 1 heterocycles. The molecule has 0 fully saturated rings. The summed E-state index contributed by atoms with van der Waals surface area (Å²) in [6.45, 7) is 1.47. The van der Waals surface area contributed by atoms with E-state index in [0.717, 1.165) is 0 Å². The molecule has 6 heteroatoms. The van der Waals surface area contributed by atoms with Gasteiger partial charge in [-0.05, 0) is 17.4 Å². The SMILES string of the molecule is CC(F)(CN)Cn1cnnn1. The lowest BCUT2D eigenvalue weighted by atomic mass is 10.1. The van der Waals surface area contributed by atoms with Crippen LogP contribution in [0.25, 0.3) is 0 Å². The third-order valence-electron chi connectivity index (χ3n) is 1.31. The van der Waals surface area contributed by atoms with Crippen molar-refractivity contribution in [2.45, 2.75) is 19.1 Å². The van der Waals surface area contributed by atoms with E-state index in [0.29, 0.717) is 0 Å². The highest BCUT2D eigenvalue weighted by molar-refractivity contribution is 4.73. The summed E-state index contributed by atoms with van der Waals surface area (Å²) in [7, 11) is 0. The second kappa shape index (κ2) is 2.91. The van der Waals surface area contributed by atoms with E-state index in [1.165, 1.54) is 17.9 Å². The molecule has 0 saturated carbocycles. The number of aromatic nitrogens is 4. The molecule has 0 aliphatic carbocycles. The maximum Gasteiger partial charge on any atom is 0.139 e. The number of halogens is 1. The third-order valence-corrected chi connectivity index (χ3v) is 1.31. The molecule has 0 spiro atoms. The molecular formula is C5H10FN5. The van der Waals surface area contributed by atoms with Gasteiger partial charge in [-0.2, -0.15) is 0 Å². The Balaban J connectivity index is 2.56. The standard InChI is InChI=1S/C5H10FN5/c1-5(6,2-7)3-11-4-8-9-10-11/h4H,2-3,7H2,1H3. The highest BCUT2D eigenvalue weighted by atomic mass is 19.1. The van der Waals surface area contributed by atoms with Crippen molar-refractivity contribution in [3.8, 4) is 0 Å². The quantitative estimate of drug-likeness (QED) is 0.636. The summed E-state index contributed by atoms with van der Waals surface area (Å²) in [6.07, 6.45) is 1.35. The largest absolute Gasteiger partial charge is 0.327 e. The smallest absolute Gasteiger partial charge is 0.139 e. The number of hydrogen-bond donors (Lipinski definition) is 1. The minimum atomic E-state index is -1.44. The molecule has 1 aromatic rings. The highest BCUT2D eigenvalue weighted by Gasteiger charge is 2.21. The van der Waals surface area contributed by atoms with Crippen molar-refractivity contribution >= 4 is 0 Å². The van der Waals surface area contributed by atoms with Crippen molar-refractivity contribution in [3.05, 3.63) is 6.33 Å². The van der Waals surface area contributed by atoms with E-state index >= 15 is 0 Å². The number of nitrogens with two attached hydrogens (primary N) is 1. The highest BCUT2D eigenvalue weighted by Crippen LogP contribution is 2.09. The number of tetrazole rings is 1. The van der Waals surface area contributed by atoms with Gasteiger partial charge in [0.15, 0.2) is 0 Å². The molecule has 1 aromatic heterocycles. The second-order valence-electron chi connectivity index (χ2n) is 2.62. The van der Waals surface area contributed by atoms with E-state index in [1.54, 1.807) is 0 Å². The van der Waals surface area contributed by atoms with E-state index in [9.17, 15) is 4.39 Å². The first-order chi connectivity index (χ1) is 5.14.